The van der Waals surface area contributed by atoms with Gasteiger partial charge in [-0.25, -0.2) is 0 Å². The summed E-state index contributed by atoms with van der Waals surface area (Å²) >= 11 is 0. The van der Waals surface area contributed by atoms with Gasteiger partial charge >= 0.3 is 0 Å². The van der Waals surface area contributed by atoms with Crippen molar-refractivity contribution in [1.29, 1.82) is 0 Å². The van der Waals surface area contributed by atoms with E-state index < -0.39 is 6.04 Å². The first kappa shape index (κ1) is 40.8. The van der Waals surface area contributed by atoms with Crippen LogP contribution in [0, 0.1) is 5.92 Å². The topological polar surface area (TPSA) is 69.6 Å². The highest BCUT2D eigenvalue weighted by atomic mass is 16.3. The first-order valence-electron chi connectivity index (χ1n) is 19.4. The third kappa shape index (κ3) is 19.3. The fraction of sp³-hybridized carbons (Fsp3) is 0.714. The Labute approximate surface area is 289 Å². The standard InChI is InChI=1S/C42H70N2O3/c1-5-6-7-20-30-39(45)31-21-12-10-8-9-11-13-22-32-41(46)44(34-37-26-16-14-17-27-37)40(33-36(4)25-23-24-35(2)3)42(47)43-38-28-18-15-19-29-38/h12,14,16-17,21,24,26-27,36,38-40,45H,5-11,13,15,18-20,22-23,25,28-34H2,1-4H3,(H,43,47)/b21-12-/t36?,39-,40?/m1/s1. The molecule has 1 saturated carbocycles. The molecule has 2 unspecified atom stereocenters. The van der Waals surface area contributed by atoms with Gasteiger partial charge in [0.2, 0.25) is 11.8 Å². The Morgan fingerprint density at radius 3 is 2.32 bits per heavy atom. The lowest BCUT2D eigenvalue weighted by Crippen LogP contribution is -2.52. The Morgan fingerprint density at radius 1 is 0.894 bits per heavy atom. The van der Waals surface area contributed by atoms with Gasteiger partial charge in [-0.05, 0) is 89.5 Å². The van der Waals surface area contributed by atoms with Crippen molar-refractivity contribution in [1.82, 2.24) is 10.2 Å². The van der Waals surface area contributed by atoms with Crippen molar-refractivity contribution in [3.8, 4) is 0 Å². The van der Waals surface area contributed by atoms with E-state index >= 15 is 0 Å². The molecule has 5 nitrogen and oxygen atoms in total. The Hall–Kier alpha value is -2.40. The third-order valence-electron chi connectivity index (χ3n) is 9.71. The third-order valence-corrected chi connectivity index (χ3v) is 9.71. The van der Waals surface area contributed by atoms with Crippen molar-refractivity contribution in [3.05, 3.63) is 59.7 Å². The summed E-state index contributed by atoms with van der Waals surface area (Å²) in [5, 5.41) is 13.5. The summed E-state index contributed by atoms with van der Waals surface area (Å²) in [7, 11) is 0. The van der Waals surface area contributed by atoms with E-state index in [1.165, 1.54) is 44.1 Å². The Bertz CT molecular complexity index is 1010. The SMILES string of the molecule is CCCCCC[C@@H](O)C/C=C\CCCCCCCC(=O)N(Cc1ccccc1)C(CC(C)CCC=C(C)C)C(=O)NC1CCCCC1. The molecule has 1 aliphatic rings. The molecule has 2 N–H and O–H groups in total. The Kier molecular flexibility index (Phi) is 22.2. The lowest BCUT2D eigenvalue weighted by atomic mass is 9.92. The fourth-order valence-electron chi connectivity index (χ4n) is 6.74. The van der Waals surface area contributed by atoms with Gasteiger partial charge in [0.15, 0.2) is 0 Å². The number of nitrogens with zero attached hydrogens (tertiary/aromatic N) is 1. The van der Waals surface area contributed by atoms with Gasteiger partial charge in [0.25, 0.3) is 0 Å². The number of carbonyl (C=O) groups excluding carboxylic acids is 2. The molecule has 0 radical (unpaired) electrons. The maximum atomic E-state index is 14.0. The van der Waals surface area contributed by atoms with Crippen LogP contribution >= 0.6 is 0 Å². The number of benzene rings is 1. The van der Waals surface area contributed by atoms with E-state index in [1.54, 1.807) is 0 Å². The second kappa shape index (κ2) is 25.6. The summed E-state index contributed by atoms with van der Waals surface area (Å²) in [5.74, 6) is 0.472. The lowest BCUT2D eigenvalue weighted by Gasteiger charge is -2.34. The van der Waals surface area contributed by atoms with E-state index in [2.05, 4.69) is 63.4 Å². The molecule has 0 saturated heterocycles. The summed E-state index contributed by atoms with van der Waals surface area (Å²) < 4.78 is 0. The zero-order chi connectivity index (χ0) is 34.1. The molecule has 266 valence electrons. The molecule has 0 spiro atoms. The normalized spacial score (nSPS) is 15.7. The molecule has 0 heterocycles. The number of hydrogen-bond acceptors (Lipinski definition) is 3. The van der Waals surface area contributed by atoms with Crippen molar-refractivity contribution < 1.29 is 14.7 Å². The highest BCUT2D eigenvalue weighted by Crippen LogP contribution is 2.24. The summed E-state index contributed by atoms with van der Waals surface area (Å²) in [4.78, 5) is 29.8. The summed E-state index contributed by atoms with van der Waals surface area (Å²) in [6.07, 6.45) is 28.2. The van der Waals surface area contributed by atoms with Crippen LogP contribution in [0.15, 0.2) is 54.1 Å². The first-order valence-corrected chi connectivity index (χ1v) is 19.4. The molecule has 3 atom stereocenters. The van der Waals surface area contributed by atoms with Gasteiger partial charge in [0, 0.05) is 19.0 Å². The summed E-state index contributed by atoms with van der Waals surface area (Å²) in [6, 6.07) is 9.95. The number of aliphatic hydroxyl groups excluding tert-OH is 1. The first-order chi connectivity index (χ1) is 22.8. The molecule has 1 aromatic rings. The van der Waals surface area contributed by atoms with Gasteiger partial charge in [-0.1, -0.05) is 132 Å². The maximum absolute atomic E-state index is 14.0. The molecular formula is C42H70N2O3. The Balaban J connectivity index is 1.92. The number of aliphatic hydroxyl groups is 1. The van der Waals surface area contributed by atoms with Gasteiger partial charge in [0.1, 0.15) is 6.04 Å². The van der Waals surface area contributed by atoms with E-state index in [9.17, 15) is 14.7 Å². The zero-order valence-corrected chi connectivity index (χ0v) is 30.7. The minimum atomic E-state index is -0.451. The fourth-order valence-corrected chi connectivity index (χ4v) is 6.74. The van der Waals surface area contributed by atoms with E-state index in [0.717, 1.165) is 89.0 Å². The van der Waals surface area contributed by atoms with Crippen molar-refractivity contribution in [2.24, 2.45) is 5.92 Å². The minimum absolute atomic E-state index is 0.0345. The summed E-state index contributed by atoms with van der Waals surface area (Å²) in [6.45, 7) is 9.18. The quantitative estimate of drug-likeness (QED) is 0.0817. The van der Waals surface area contributed by atoms with Crippen molar-refractivity contribution in [2.45, 2.75) is 187 Å². The zero-order valence-electron chi connectivity index (χ0n) is 30.7. The average Bonchev–Trinajstić information content (AvgIpc) is 3.06. The number of rotatable bonds is 25. The van der Waals surface area contributed by atoms with Crippen molar-refractivity contribution in [2.75, 3.05) is 0 Å². The van der Waals surface area contributed by atoms with Crippen molar-refractivity contribution in [3.63, 3.8) is 0 Å². The van der Waals surface area contributed by atoms with Gasteiger partial charge in [0.05, 0.1) is 6.10 Å². The minimum Gasteiger partial charge on any atom is -0.393 e. The van der Waals surface area contributed by atoms with Crippen LogP contribution in [-0.2, 0) is 16.1 Å². The molecule has 0 bridgehead atoms. The van der Waals surface area contributed by atoms with E-state index in [-0.39, 0.29) is 24.0 Å². The molecule has 1 aromatic carbocycles. The molecule has 0 aromatic heterocycles. The number of nitrogens with one attached hydrogen (secondary N) is 1. The van der Waals surface area contributed by atoms with Crippen LogP contribution in [0.1, 0.15) is 168 Å². The predicted octanol–water partition coefficient (Wildman–Crippen LogP) is 10.6. The predicted molar refractivity (Wildman–Crippen MR) is 199 cm³/mol. The van der Waals surface area contributed by atoms with E-state index in [0.29, 0.717) is 25.3 Å². The van der Waals surface area contributed by atoms with Crippen molar-refractivity contribution >= 4 is 11.8 Å². The molecule has 2 amide bonds. The maximum Gasteiger partial charge on any atom is 0.243 e. The van der Waals surface area contributed by atoms with Gasteiger partial charge in [-0.3, -0.25) is 9.59 Å². The van der Waals surface area contributed by atoms with Crippen LogP contribution in [0.5, 0.6) is 0 Å². The number of hydrogen-bond donors (Lipinski definition) is 2. The van der Waals surface area contributed by atoms with Crippen LogP contribution in [0.2, 0.25) is 0 Å². The van der Waals surface area contributed by atoms with E-state index in [4.69, 9.17) is 0 Å². The van der Waals surface area contributed by atoms with Gasteiger partial charge in [-0.2, -0.15) is 0 Å². The van der Waals surface area contributed by atoms with Crippen LogP contribution in [0.3, 0.4) is 0 Å². The second-order valence-corrected chi connectivity index (χ2v) is 14.6. The number of allylic oxidation sites excluding steroid dienone is 3. The largest absolute Gasteiger partial charge is 0.393 e. The average molecular weight is 651 g/mol. The van der Waals surface area contributed by atoms with Crippen LogP contribution in [0.4, 0.5) is 0 Å². The highest BCUT2D eigenvalue weighted by Gasteiger charge is 2.32. The molecule has 2 rings (SSSR count). The monoisotopic (exact) mass is 651 g/mol. The molecule has 1 fully saturated rings. The van der Waals surface area contributed by atoms with E-state index in [1.807, 2.05) is 23.1 Å². The number of unbranched alkanes of at least 4 members (excludes halogenated alkanes) is 8. The van der Waals surface area contributed by atoms with Gasteiger partial charge < -0.3 is 15.3 Å². The van der Waals surface area contributed by atoms with Crippen LogP contribution in [0.25, 0.3) is 0 Å². The highest BCUT2D eigenvalue weighted by molar-refractivity contribution is 5.88. The second-order valence-electron chi connectivity index (χ2n) is 14.6. The summed E-state index contributed by atoms with van der Waals surface area (Å²) in [5.41, 5.74) is 2.40. The smallest absolute Gasteiger partial charge is 0.243 e. The number of carbonyl (C=O) groups is 2. The van der Waals surface area contributed by atoms with Crippen LogP contribution < -0.4 is 5.32 Å². The molecule has 47 heavy (non-hydrogen) atoms. The molecule has 5 heteroatoms. The van der Waals surface area contributed by atoms with Crippen LogP contribution in [-0.4, -0.2) is 40.0 Å². The number of amides is 2. The van der Waals surface area contributed by atoms with Gasteiger partial charge in [-0.15, -0.1) is 0 Å². The lowest BCUT2D eigenvalue weighted by molar-refractivity contribution is -0.142. The molecule has 1 aliphatic carbocycles. The molecule has 0 aliphatic heterocycles. The Morgan fingerprint density at radius 2 is 1.60 bits per heavy atom. The molecular weight excluding hydrogens is 580 g/mol.